The van der Waals surface area contributed by atoms with Crippen LogP contribution >= 0.6 is 0 Å². The maximum Gasteiger partial charge on any atom is -0.0263 e. The van der Waals surface area contributed by atoms with Gasteiger partial charge in [-0.1, -0.05) is 26.7 Å². The Hall–Kier alpha value is 0. The lowest BCUT2D eigenvalue weighted by atomic mass is 9.41. The maximum atomic E-state index is 2.58. The Bertz CT molecular complexity index is 431. The van der Waals surface area contributed by atoms with Crippen LogP contribution in [0.2, 0.25) is 0 Å². The molecule has 0 saturated heterocycles. The molecule has 1 spiro atoms. The molecule has 5 fully saturated rings. The van der Waals surface area contributed by atoms with Crippen molar-refractivity contribution in [2.75, 3.05) is 0 Å². The zero-order valence-corrected chi connectivity index (χ0v) is 14.9. The molecule has 0 nitrogen and oxygen atoms in total. The summed E-state index contributed by atoms with van der Waals surface area (Å²) in [5.41, 5.74) is 0.817. The van der Waals surface area contributed by atoms with Gasteiger partial charge in [0.2, 0.25) is 0 Å². The average Bonchev–Trinajstić information content (AvgIpc) is 2.94. The van der Waals surface area contributed by atoms with E-state index in [0.29, 0.717) is 0 Å². The summed E-state index contributed by atoms with van der Waals surface area (Å²) in [6.07, 6.45) is 17.5. The van der Waals surface area contributed by atoms with Crippen molar-refractivity contribution >= 4 is 0 Å². The van der Waals surface area contributed by atoms with Gasteiger partial charge in [-0.2, -0.15) is 0 Å². The van der Waals surface area contributed by atoms with E-state index in [2.05, 4.69) is 13.8 Å². The molecular weight excluding hydrogens is 264 g/mol. The third-order valence-electron chi connectivity index (χ3n) is 9.28. The SMILES string of the molecule is CC1CC2CCC3CC(C)CC4C3C2C(C1)CC41CCCC1. The second kappa shape index (κ2) is 5.00. The van der Waals surface area contributed by atoms with E-state index in [1.807, 2.05) is 0 Å². The summed E-state index contributed by atoms with van der Waals surface area (Å²) in [4.78, 5) is 0. The molecule has 0 heteroatoms. The van der Waals surface area contributed by atoms with Crippen molar-refractivity contribution < 1.29 is 0 Å². The molecule has 5 aliphatic carbocycles. The Labute approximate surface area is 137 Å². The van der Waals surface area contributed by atoms with Gasteiger partial charge in [0, 0.05) is 0 Å². The normalized spacial score (nSPS) is 55.9. The van der Waals surface area contributed by atoms with E-state index in [9.17, 15) is 0 Å². The zero-order chi connectivity index (χ0) is 14.9. The van der Waals surface area contributed by atoms with E-state index in [0.717, 1.165) is 40.9 Å². The first-order valence-corrected chi connectivity index (χ1v) is 10.7. The minimum absolute atomic E-state index is 0.817. The first-order chi connectivity index (χ1) is 10.7. The van der Waals surface area contributed by atoms with Gasteiger partial charge in [-0.15, -0.1) is 0 Å². The van der Waals surface area contributed by atoms with E-state index in [4.69, 9.17) is 0 Å². The molecular formula is C22H36. The molecule has 5 saturated carbocycles. The van der Waals surface area contributed by atoms with Gasteiger partial charge in [-0.3, -0.25) is 0 Å². The van der Waals surface area contributed by atoms with E-state index < -0.39 is 0 Å². The van der Waals surface area contributed by atoms with Gasteiger partial charge in [-0.05, 0) is 111 Å². The smallest absolute Gasteiger partial charge is 0.0263 e. The summed E-state index contributed by atoms with van der Waals surface area (Å²) < 4.78 is 0. The lowest BCUT2D eigenvalue weighted by Crippen LogP contribution is -2.57. The third kappa shape index (κ3) is 1.94. The summed E-state index contributed by atoms with van der Waals surface area (Å²) in [7, 11) is 0. The van der Waals surface area contributed by atoms with Crippen molar-refractivity contribution in [2.45, 2.75) is 84.5 Å². The van der Waals surface area contributed by atoms with Gasteiger partial charge in [0.25, 0.3) is 0 Å². The first-order valence-electron chi connectivity index (χ1n) is 10.7. The Morgan fingerprint density at radius 3 is 2.00 bits per heavy atom. The highest BCUT2D eigenvalue weighted by Crippen LogP contribution is 2.68. The fourth-order valence-electron chi connectivity index (χ4n) is 8.98. The van der Waals surface area contributed by atoms with Gasteiger partial charge in [-0.25, -0.2) is 0 Å². The van der Waals surface area contributed by atoms with Crippen molar-refractivity contribution in [3.63, 3.8) is 0 Å². The predicted molar refractivity (Wildman–Crippen MR) is 92.5 cm³/mol. The summed E-state index contributed by atoms with van der Waals surface area (Å²) in [5.74, 6) is 8.91. The summed E-state index contributed by atoms with van der Waals surface area (Å²) in [6.45, 7) is 5.15. The minimum Gasteiger partial charge on any atom is -0.0625 e. The molecule has 0 aromatic carbocycles. The van der Waals surface area contributed by atoms with Crippen LogP contribution in [0.25, 0.3) is 0 Å². The van der Waals surface area contributed by atoms with E-state index in [1.54, 1.807) is 70.6 Å². The number of hydrogen-bond donors (Lipinski definition) is 0. The van der Waals surface area contributed by atoms with Crippen molar-refractivity contribution in [1.29, 1.82) is 0 Å². The van der Waals surface area contributed by atoms with Crippen molar-refractivity contribution in [2.24, 2.45) is 52.8 Å². The van der Waals surface area contributed by atoms with Crippen LogP contribution < -0.4 is 0 Å². The molecule has 5 aliphatic rings. The molecule has 0 radical (unpaired) electrons. The molecule has 0 aromatic heterocycles. The van der Waals surface area contributed by atoms with E-state index in [-0.39, 0.29) is 0 Å². The Balaban J connectivity index is 1.55. The zero-order valence-electron chi connectivity index (χ0n) is 14.9. The Kier molecular flexibility index (Phi) is 3.26. The van der Waals surface area contributed by atoms with Crippen LogP contribution in [0.15, 0.2) is 0 Å². The summed E-state index contributed by atoms with van der Waals surface area (Å²) in [6, 6.07) is 0. The monoisotopic (exact) mass is 300 g/mol. The summed E-state index contributed by atoms with van der Waals surface area (Å²) in [5, 5.41) is 0. The van der Waals surface area contributed by atoms with Gasteiger partial charge >= 0.3 is 0 Å². The average molecular weight is 301 g/mol. The highest BCUT2D eigenvalue weighted by atomic mass is 14.6. The molecule has 0 aromatic rings. The van der Waals surface area contributed by atoms with Crippen molar-refractivity contribution in [3.05, 3.63) is 0 Å². The molecule has 0 N–H and O–H groups in total. The van der Waals surface area contributed by atoms with Gasteiger partial charge < -0.3 is 0 Å². The predicted octanol–water partition coefficient (Wildman–Crippen LogP) is 6.30. The number of rotatable bonds is 0. The first kappa shape index (κ1) is 14.4. The van der Waals surface area contributed by atoms with Gasteiger partial charge in [0.15, 0.2) is 0 Å². The Morgan fingerprint density at radius 2 is 1.27 bits per heavy atom. The second-order valence-electron chi connectivity index (χ2n) is 10.5. The molecule has 0 aliphatic heterocycles. The molecule has 0 heterocycles. The minimum atomic E-state index is 0.817. The fraction of sp³-hybridized carbons (Fsp3) is 1.00. The van der Waals surface area contributed by atoms with Crippen molar-refractivity contribution in [3.8, 4) is 0 Å². The van der Waals surface area contributed by atoms with Crippen LogP contribution in [-0.4, -0.2) is 0 Å². The van der Waals surface area contributed by atoms with Crippen LogP contribution in [0, 0.1) is 52.8 Å². The number of fused-ring (bicyclic) bond motifs is 1. The molecule has 0 amide bonds. The van der Waals surface area contributed by atoms with Crippen LogP contribution in [0.1, 0.15) is 84.5 Å². The topological polar surface area (TPSA) is 0 Å². The largest absolute Gasteiger partial charge is 0.0625 e. The Morgan fingerprint density at radius 1 is 0.682 bits per heavy atom. The summed E-state index contributed by atoms with van der Waals surface area (Å²) >= 11 is 0. The highest BCUT2D eigenvalue weighted by molar-refractivity contribution is 5.09. The standard InChI is InChI=1S/C22H36/c1-14-9-16-5-6-17-10-15(2)12-19-21(17)20(16)18(11-14)13-22(19)7-3-4-8-22/h14-21H,3-13H2,1-2H3. The molecule has 5 rings (SSSR count). The quantitative estimate of drug-likeness (QED) is 0.492. The van der Waals surface area contributed by atoms with Crippen LogP contribution in [0.4, 0.5) is 0 Å². The number of hydrogen-bond acceptors (Lipinski definition) is 0. The molecule has 124 valence electrons. The molecule has 22 heavy (non-hydrogen) atoms. The third-order valence-corrected chi connectivity index (χ3v) is 9.28. The van der Waals surface area contributed by atoms with Crippen molar-refractivity contribution in [1.82, 2.24) is 0 Å². The maximum absolute atomic E-state index is 2.58. The fourth-order valence-corrected chi connectivity index (χ4v) is 8.98. The van der Waals surface area contributed by atoms with Crippen LogP contribution in [0.5, 0.6) is 0 Å². The lowest BCUT2D eigenvalue weighted by Gasteiger charge is -2.64. The van der Waals surface area contributed by atoms with E-state index in [1.165, 1.54) is 11.8 Å². The second-order valence-corrected chi connectivity index (χ2v) is 10.5. The lowest BCUT2D eigenvalue weighted by molar-refractivity contribution is -0.154. The van der Waals surface area contributed by atoms with Gasteiger partial charge in [0.1, 0.15) is 0 Å². The van der Waals surface area contributed by atoms with E-state index >= 15 is 0 Å². The van der Waals surface area contributed by atoms with Gasteiger partial charge in [0.05, 0.1) is 0 Å². The molecule has 8 unspecified atom stereocenters. The van der Waals surface area contributed by atoms with Crippen LogP contribution in [-0.2, 0) is 0 Å². The van der Waals surface area contributed by atoms with Crippen LogP contribution in [0.3, 0.4) is 0 Å². The highest BCUT2D eigenvalue weighted by Gasteiger charge is 2.60. The molecule has 8 atom stereocenters. The molecule has 0 bridgehead atoms.